The van der Waals surface area contributed by atoms with Crippen LogP contribution in [-0.4, -0.2) is 45.4 Å². The number of morpholine rings is 1. The molecule has 1 atom stereocenters. The lowest BCUT2D eigenvalue weighted by Gasteiger charge is -2.30. The molecule has 0 bridgehead atoms. The molecule has 0 amide bonds. The van der Waals surface area contributed by atoms with Crippen LogP contribution in [0.4, 0.5) is 5.69 Å². The second-order valence-electron chi connectivity index (χ2n) is 4.80. The zero-order chi connectivity index (χ0) is 15.4. The minimum absolute atomic E-state index is 0.286. The number of nitrogens with two attached hydrogens (primary N) is 1. The molecule has 0 radical (unpaired) electrons. The fourth-order valence-corrected chi connectivity index (χ4v) is 2.80. The third kappa shape index (κ3) is 3.80. The molecule has 5 nitrogen and oxygen atoms in total. The van der Waals surface area contributed by atoms with E-state index in [1.54, 1.807) is 0 Å². The first-order valence-electron chi connectivity index (χ1n) is 6.67. The molecule has 0 aromatic heterocycles. The molecule has 1 aromatic carbocycles. The molecular weight excluding hydrogens is 315 g/mol. The Balaban J connectivity index is 2.18. The van der Waals surface area contributed by atoms with Gasteiger partial charge in [0.25, 0.3) is 0 Å². The highest BCUT2D eigenvalue weighted by atomic mass is 35.5. The standard InChI is InChI=1S/C14H18Cl2N2O3/c1-20-14(19)10(17)8-9-2-3-11(13(16)12(9)15)18-4-6-21-7-5-18/h2-3,10H,4-8,17H2,1H3. The van der Waals surface area contributed by atoms with Crippen LogP contribution in [0.15, 0.2) is 12.1 Å². The number of anilines is 1. The van der Waals surface area contributed by atoms with Gasteiger partial charge in [-0.15, -0.1) is 0 Å². The van der Waals surface area contributed by atoms with E-state index in [0.29, 0.717) is 23.3 Å². The van der Waals surface area contributed by atoms with Gasteiger partial charge in [-0.05, 0) is 18.1 Å². The normalized spacial score (nSPS) is 16.7. The smallest absolute Gasteiger partial charge is 0.322 e. The highest BCUT2D eigenvalue weighted by Crippen LogP contribution is 2.36. The molecule has 1 unspecified atom stereocenters. The summed E-state index contributed by atoms with van der Waals surface area (Å²) in [6.45, 7) is 2.89. The Morgan fingerprint density at radius 3 is 2.67 bits per heavy atom. The van der Waals surface area contributed by atoms with E-state index < -0.39 is 12.0 Å². The zero-order valence-electron chi connectivity index (χ0n) is 11.8. The Hall–Kier alpha value is -1.01. The number of halogens is 2. The Morgan fingerprint density at radius 1 is 1.38 bits per heavy atom. The summed E-state index contributed by atoms with van der Waals surface area (Å²) in [4.78, 5) is 13.5. The molecule has 1 aliphatic rings. The number of hydrogen-bond donors (Lipinski definition) is 1. The molecule has 1 heterocycles. The van der Waals surface area contributed by atoms with E-state index in [2.05, 4.69) is 9.64 Å². The Bertz CT molecular complexity index is 519. The molecule has 2 rings (SSSR count). The Morgan fingerprint density at radius 2 is 2.05 bits per heavy atom. The van der Waals surface area contributed by atoms with Gasteiger partial charge in [-0.3, -0.25) is 4.79 Å². The van der Waals surface area contributed by atoms with Crippen LogP contribution in [0.3, 0.4) is 0 Å². The van der Waals surface area contributed by atoms with Crippen molar-refractivity contribution in [3.8, 4) is 0 Å². The maximum Gasteiger partial charge on any atom is 0.322 e. The van der Waals surface area contributed by atoms with Gasteiger partial charge in [0.05, 0.1) is 36.1 Å². The van der Waals surface area contributed by atoms with Crippen LogP contribution >= 0.6 is 23.2 Å². The van der Waals surface area contributed by atoms with Gasteiger partial charge in [0, 0.05) is 13.1 Å². The minimum Gasteiger partial charge on any atom is -0.468 e. The third-order valence-electron chi connectivity index (χ3n) is 3.44. The second kappa shape index (κ2) is 7.31. The first kappa shape index (κ1) is 16.4. The number of carbonyl (C=O) groups is 1. The maximum absolute atomic E-state index is 11.4. The summed E-state index contributed by atoms with van der Waals surface area (Å²) in [7, 11) is 1.30. The van der Waals surface area contributed by atoms with Gasteiger partial charge in [-0.25, -0.2) is 0 Å². The Labute approximate surface area is 133 Å². The van der Waals surface area contributed by atoms with E-state index in [4.69, 9.17) is 33.7 Å². The molecule has 0 aliphatic carbocycles. The summed E-state index contributed by atoms with van der Waals surface area (Å²) in [6.07, 6.45) is 0.286. The predicted octanol–water partition coefficient (Wildman–Crippen LogP) is 1.87. The van der Waals surface area contributed by atoms with Crippen molar-refractivity contribution in [2.75, 3.05) is 38.3 Å². The van der Waals surface area contributed by atoms with E-state index in [1.807, 2.05) is 12.1 Å². The lowest BCUT2D eigenvalue weighted by Crippen LogP contribution is -2.36. The number of rotatable bonds is 4. The van der Waals surface area contributed by atoms with E-state index in [9.17, 15) is 4.79 Å². The van der Waals surface area contributed by atoms with Crippen molar-refractivity contribution >= 4 is 34.9 Å². The summed E-state index contributed by atoms with van der Waals surface area (Å²) in [5, 5.41) is 0.910. The number of methoxy groups -OCH3 is 1. The molecule has 0 spiro atoms. The number of hydrogen-bond acceptors (Lipinski definition) is 5. The molecule has 7 heteroatoms. The van der Waals surface area contributed by atoms with Crippen LogP contribution in [0, 0.1) is 0 Å². The molecule has 1 saturated heterocycles. The van der Waals surface area contributed by atoms with Crippen LogP contribution in [0.1, 0.15) is 5.56 Å². The number of carbonyl (C=O) groups excluding carboxylic acids is 1. The van der Waals surface area contributed by atoms with Gasteiger partial charge in [-0.2, -0.15) is 0 Å². The maximum atomic E-state index is 11.4. The fourth-order valence-electron chi connectivity index (χ4n) is 2.26. The first-order valence-corrected chi connectivity index (χ1v) is 7.43. The van der Waals surface area contributed by atoms with Crippen molar-refractivity contribution in [1.82, 2.24) is 0 Å². The topological polar surface area (TPSA) is 64.8 Å². The number of benzene rings is 1. The van der Waals surface area contributed by atoms with Gasteiger partial charge in [0.1, 0.15) is 6.04 Å². The molecule has 1 aliphatic heterocycles. The van der Waals surface area contributed by atoms with Gasteiger partial charge in [0.2, 0.25) is 0 Å². The monoisotopic (exact) mass is 332 g/mol. The SMILES string of the molecule is COC(=O)C(N)Cc1ccc(N2CCOCC2)c(Cl)c1Cl. The summed E-state index contributed by atoms with van der Waals surface area (Å²) in [6, 6.07) is 3.00. The van der Waals surface area contributed by atoms with Crippen molar-refractivity contribution in [3.63, 3.8) is 0 Å². The summed E-state index contributed by atoms with van der Waals surface area (Å²) < 4.78 is 9.93. The van der Waals surface area contributed by atoms with Crippen LogP contribution in [0.5, 0.6) is 0 Å². The average molecular weight is 333 g/mol. The molecule has 21 heavy (non-hydrogen) atoms. The lowest BCUT2D eigenvalue weighted by molar-refractivity contribution is -0.142. The second-order valence-corrected chi connectivity index (χ2v) is 5.56. The van der Waals surface area contributed by atoms with Gasteiger partial charge >= 0.3 is 5.97 Å². The highest BCUT2D eigenvalue weighted by molar-refractivity contribution is 6.44. The zero-order valence-corrected chi connectivity index (χ0v) is 13.3. The molecular formula is C14H18Cl2N2O3. The van der Waals surface area contributed by atoms with Crippen molar-refractivity contribution in [3.05, 3.63) is 27.7 Å². The van der Waals surface area contributed by atoms with Crippen LogP contribution in [0.25, 0.3) is 0 Å². The average Bonchev–Trinajstić information content (AvgIpc) is 2.52. The van der Waals surface area contributed by atoms with E-state index in [1.165, 1.54) is 7.11 Å². The summed E-state index contributed by atoms with van der Waals surface area (Å²) in [5.74, 6) is -0.473. The predicted molar refractivity (Wildman–Crippen MR) is 83.2 cm³/mol. The van der Waals surface area contributed by atoms with E-state index in [0.717, 1.165) is 24.3 Å². The first-order chi connectivity index (χ1) is 10.0. The lowest BCUT2D eigenvalue weighted by atomic mass is 10.1. The van der Waals surface area contributed by atoms with Crippen LogP contribution in [-0.2, 0) is 20.7 Å². The minimum atomic E-state index is -0.752. The number of nitrogens with zero attached hydrogens (tertiary/aromatic N) is 1. The molecule has 1 aromatic rings. The quantitative estimate of drug-likeness (QED) is 0.853. The van der Waals surface area contributed by atoms with E-state index >= 15 is 0 Å². The molecule has 2 N–H and O–H groups in total. The van der Waals surface area contributed by atoms with Gasteiger partial charge in [0.15, 0.2) is 0 Å². The number of ether oxygens (including phenoxy) is 2. The molecule has 116 valence electrons. The van der Waals surface area contributed by atoms with Gasteiger partial charge in [-0.1, -0.05) is 29.3 Å². The summed E-state index contributed by atoms with van der Waals surface area (Å²) in [5.41, 5.74) is 7.36. The highest BCUT2D eigenvalue weighted by Gasteiger charge is 2.21. The summed E-state index contributed by atoms with van der Waals surface area (Å²) >= 11 is 12.7. The van der Waals surface area contributed by atoms with E-state index in [-0.39, 0.29) is 6.42 Å². The fraction of sp³-hybridized carbons (Fsp3) is 0.500. The van der Waals surface area contributed by atoms with Crippen LogP contribution < -0.4 is 10.6 Å². The van der Waals surface area contributed by atoms with Crippen molar-refractivity contribution in [2.45, 2.75) is 12.5 Å². The molecule has 1 fully saturated rings. The largest absolute Gasteiger partial charge is 0.468 e. The van der Waals surface area contributed by atoms with Crippen molar-refractivity contribution in [2.24, 2.45) is 5.73 Å². The number of esters is 1. The van der Waals surface area contributed by atoms with Crippen molar-refractivity contribution < 1.29 is 14.3 Å². The Kier molecular flexibility index (Phi) is 5.70. The van der Waals surface area contributed by atoms with Crippen LogP contribution in [0.2, 0.25) is 10.0 Å². The van der Waals surface area contributed by atoms with Gasteiger partial charge < -0.3 is 20.1 Å². The van der Waals surface area contributed by atoms with Crippen molar-refractivity contribution in [1.29, 1.82) is 0 Å². The molecule has 0 saturated carbocycles. The third-order valence-corrected chi connectivity index (χ3v) is 4.35.